The highest BCUT2D eigenvalue weighted by Gasteiger charge is 2.36. The van der Waals surface area contributed by atoms with Gasteiger partial charge in [-0.25, -0.2) is 9.18 Å². The van der Waals surface area contributed by atoms with Crippen LogP contribution in [-0.2, 0) is 9.53 Å². The number of rotatable bonds is 4. The molecule has 1 heterocycles. The van der Waals surface area contributed by atoms with E-state index in [9.17, 15) is 14.4 Å². The average Bonchev–Trinajstić information content (AvgIpc) is 2.54. The van der Waals surface area contributed by atoms with Crippen LogP contribution in [0.3, 0.4) is 0 Å². The smallest absolute Gasteiger partial charge is 0.336 e. The third-order valence-electron chi connectivity index (χ3n) is 3.94. The van der Waals surface area contributed by atoms with E-state index in [4.69, 9.17) is 16.3 Å². The van der Waals surface area contributed by atoms with Crippen LogP contribution >= 0.6 is 11.6 Å². The number of methoxy groups -OCH3 is 1. The molecule has 4 nitrogen and oxygen atoms in total. The van der Waals surface area contributed by atoms with Gasteiger partial charge in [-0.1, -0.05) is 31.0 Å². The van der Waals surface area contributed by atoms with Crippen LogP contribution in [0.4, 0.5) is 4.39 Å². The first kappa shape index (κ1) is 18.0. The normalized spacial score (nSPS) is 17.4. The lowest BCUT2D eigenvalue weighted by Gasteiger charge is -2.30. The van der Waals surface area contributed by atoms with Gasteiger partial charge in [-0.2, -0.15) is 5.26 Å². The van der Waals surface area contributed by atoms with Crippen molar-refractivity contribution in [3.05, 3.63) is 57.1 Å². The highest BCUT2D eigenvalue weighted by Crippen LogP contribution is 2.41. The van der Waals surface area contributed by atoms with Crippen molar-refractivity contribution in [1.29, 1.82) is 5.26 Å². The van der Waals surface area contributed by atoms with E-state index in [1.807, 2.05) is 6.92 Å². The lowest BCUT2D eigenvalue weighted by atomic mass is 9.80. The molecule has 0 saturated heterocycles. The van der Waals surface area contributed by atoms with Gasteiger partial charge in [-0.05, 0) is 31.0 Å². The summed E-state index contributed by atoms with van der Waals surface area (Å²) in [6.07, 6.45) is 1.43. The van der Waals surface area contributed by atoms with Crippen LogP contribution < -0.4 is 5.32 Å². The Morgan fingerprint density at radius 1 is 1.50 bits per heavy atom. The molecule has 0 fully saturated rings. The van der Waals surface area contributed by atoms with Crippen molar-refractivity contribution in [2.24, 2.45) is 0 Å². The predicted molar refractivity (Wildman–Crippen MR) is 89.5 cm³/mol. The molecule has 0 bridgehead atoms. The third kappa shape index (κ3) is 3.29. The molecule has 1 N–H and O–H groups in total. The maximum atomic E-state index is 13.4. The second-order valence-electron chi connectivity index (χ2n) is 5.51. The van der Waals surface area contributed by atoms with Crippen molar-refractivity contribution >= 4 is 17.6 Å². The van der Waals surface area contributed by atoms with Gasteiger partial charge in [-0.3, -0.25) is 0 Å². The summed E-state index contributed by atoms with van der Waals surface area (Å²) in [5.74, 6) is -1.69. The van der Waals surface area contributed by atoms with Gasteiger partial charge < -0.3 is 10.1 Å². The van der Waals surface area contributed by atoms with Crippen LogP contribution in [0.25, 0.3) is 0 Å². The summed E-state index contributed by atoms with van der Waals surface area (Å²) in [4.78, 5) is 12.4. The summed E-state index contributed by atoms with van der Waals surface area (Å²) < 4.78 is 18.3. The minimum absolute atomic E-state index is 0.166. The van der Waals surface area contributed by atoms with Gasteiger partial charge in [0.25, 0.3) is 0 Å². The van der Waals surface area contributed by atoms with Gasteiger partial charge in [0.15, 0.2) is 0 Å². The highest BCUT2D eigenvalue weighted by molar-refractivity contribution is 6.31. The summed E-state index contributed by atoms with van der Waals surface area (Å²) in [5.41, 5.74) is 2.56. The fourth-order valence-electron chi connectivity index (χ4n) is 2.89. The van der Waals surface area contributed by atoms with E-state index in [0.29, 0.717) is 34.5 Å². The molecule has 1 aromatic rings. The molecule has 0 aliphatic carbocycles. The first-order chi connectivity index (χ1) is 11.4. The molecular weight excluding hydrogens is 331 g/mol. The van der Waals surface area contributed by atoms with Crippen LogP contribution in [0.15, 0.2) is 40.7 Å². The van der Waals surface area contributed by atoms with Gasteiger partial charge in [0.05, 0.1) is 30.2 Å². The Kier molecular flexibility index (Phi) is 5.63. The number of esters is 1. The maximum Gasteiger partial charge on any atom is 0.336 e. The molecule has 6 heteroatoms. The number of benzene rings is 1. The van der Waals surface area contributed by atoms with Gasteiger partial charge >= 0.3 is 5.97 Å². The number of carbonyl (C=O) groups excluding carboxylic acids is 1. The van der Waals surface area contributed by atoms with E-state index in [0.717, 1.165) is 6.42 Å². The number of hydrogen-bond donors (Lipinski definition) is 1. The molecule has 2 rings (SSSR count). The lowest BCUT2D eigenvalue weighted by Crippen LogP contribution is -2.29. The number of dihydropyridines is 1. The molecule has 0 saturated carbocycles. The fourth-order valence-corrected chi connectivity index (χ4v) is 3.17. The van der Waals surface area contributed by atoms with E-state index >= 15 is 0 Å². The average molecular weight is 349 g/mol. The lowest BCUT2D eigenvalue weighted by molar-refractivity contribution is -0.136. The Morgan fingerprint density at radius 2 is 2.21 bits per heavy atom. The second-order valence-corrected chi connectivity index (χ2v) is 5.92. The summed E-state index contributed by atoms with van der Waals surface area (Å²) in [5, 5.41) is 12.9. The highest BCUT2D eigenvalue weighted by atomic mass is 35.5. The number of nitriles is 1. The van der Waals surface area contributed by atoms with Crippen molar-refractivity contribution < 1.29 is 13.9 Å². The van der Waals surface area contributed by atoms with Gasteiger partial charge in [0.1, 0.15) is 5.82 Å². The number of nitrogens with zero attached hydrogens (tertiary/aromatic N) is 1. The summed E-state index contributed by atoms with van der Waals surface area (Å²) >= 11 is 6.20. The zero-order valence-electron chi connectivity index (χ0n) is 13.7. The Morgan fingerprint density at radius 3 is 2.75 bits per heavy atom. The maximum absolute atomic E-state index is 13.4. The van der Waals surface area contributed by atoms with Gasteiger partial charge in [-0.15, -0.1) is 0 Å². The van der Waals surface area contributed by atoms with Crippen molar-refractivity contribution in [2.45, 2.75) is 32.6 Å². The molecule has 1 aliphatic heterocycles. The summed E-state index contributed by atoms with van der Waals surface area (Å²) in [7, 11) is 1.29. The van der Waals surface area contributed by atoms with E-state index < -0.39 is 17.7 Å². The Hall–Kier alpha value is -2.32. The molecule has 24 heavy (non-hydrogen) atoms. The molecule has 1 aromatic carbocycles. The molecule has 1 atom stereocenters. The van der Waals surface area contributed by atoms with Crippen LogP contribution in [0.5, 0.6) is 0 Å². The van der Waals surface area contributed by atoms with Crippen molar-refractivity contribution in [2.75, 3.05) is 7.11 Å². The molecule has 1 unspecified atom stereocenters. The van der Waals surface area contributed by atoms with Crippen LogP contribution in [0, 0.1) is 17.1 Å². The first-order valence-electron chi connectivity index (χ1n) is 7.58. The van der Waals surface area contributed by atoms with Crippen molar-refractivity contribution in [3.8, 4) is 6.07 Å². The number of hydrogen-bond acceptors (Lipinski definition) is 4. The minimum atomic E-state index is -0.682. The van der Waals surface area contributed by atoms with Crippen molar-refractivity contribution in [1.82, 2.24) is 5.32 Å². The molecule has 0 radical (unpaired) electrons. The fraction of sp³-hybridized carbons (Fsp3) is 0.333. The SMILES string of the molecule is CCCC1=C(C(=O)OC)C(c2ccc(F)cc2Cl)C(C#N)=C(C)N1. The van der Waals surface area contributed by atoms with Gasteiger partial charge in [0.2, 0.25) is 0 Å². The standard InChI is InChI=1S/C18H18ClFN2O2/c1-4-5-15-17(18(23)24-3)16(13(9-21)10(2)22-15)12-7-6-11(20)8-14(12)19/h6-8,16,22H,4-5H2,1-3H3. The number of allylic oxidation sites excluding steroid dienone is 3. The second kappa shape index (κ2) is 7.50. The quantitative estimate of drug-likeness (QED) is 0.829. The Labute approximate surface area is 145 Å². The minimum Gasteiger partial charge on any atom is -0.466 e. The van der Waals surface area contributed by atoms with E-state index in [-0.39, 0.29) is 5.02 Å². The van der Waals surface area contributed by atoms with E-state index in [2.05, 4.69) is 11.4 Å². The third-order valence-corrected chi connectivity index (χ3v) is 4.27. The van der Waals surface area contributed by atoms with Gasteiger partial charge in [0, 0.05) is 16.4 Å². The molecule has 0 amide bonds. The molecule has 0 spiro atoms. The summed E-state index contributed by atoms with van der Waals surface area (Å²) in [6, 6.07) is 6.09. The summed E-state index contributed by atoms with van der Waals surface area (Å²) in [6.45, 7) is 3.76. The van der Waals surface area contributed by atoms with Crippen LogP contribution in [0.1, 0.15) is 38.2 Å². The molecule has 0 aromatic heterocycles. The first-order valence-corrected chi connectivity index (χ1v) is 7.96. The zero-order chi connectivity index (χ0) is 17.9. The monoisotopic (exact) mass is 348 g/mol. The van der Waals surface area contributed by atoms with Crippen molar-refractivity contribution in [3.63, 3.8) is 0 Å². The number of halogens is 2. The van der Waals surface area contributed by atoms with E-state index in [1.165, 1.54) is 25.3 Å². The predicted octanol–water partition coefficient (Wildman–Crippen LogP) is 4.19. The largest absolute Gasteiger partial charge is 0.466 e. The Balaban J connectivity index is 2.73. The number of nitrogens with one attached hydrogen (secondary N) is 1. The molecule has 126 valence electrons. The van der Waals surface area contributed by atoms with E-state index in [1.54, 1.807) is 6.92 Å². The van der Waals surface area contributed by atoms with Crippen LogP contribution in [0.2, 0.25) is 5.02 Å². The Bertz CT molecular complexity index is 778. The number of ether oxygens (including phenoxy) is 1. The zero-order valence-corrected chi connectivity index (χ0v) is 14.5. The molecule has 1 aliphatic rings. The molecular formula is C18H18ClFN2O2. The topological polar surface area (TPSA) is 62.1 Å². The number of carbonyl (C=O) groups is 1. The van der Waals surface area contributed by atoms with Crippen LogP contribution in [-0.4, -0.2) is 13.1 Å².